The number of nitrogens with one attached hydrogen (secondary N) is 2. The van der Waals surface area contributed by atoms with Gasteiger partial charge in [0.05, 0.1) is 6.54 Å². The average Bonchev–Trinajstić information content (AvgIpc) is 2.46. The Morgan fingerprint density at radius 2 is 1.74 bits per heavy atom. The maximum atomic E-state index is 12.2. The zero-order valence-corrected chi connectivity index (χ0v) is 13.6. The number of alkyl halides is 3. The lowest BCUT2D eigenvalue weighted by Gasteiger charge is -2.17. The van der Waals surface area contributed by atoms with Crippen LogP contribution in [0.3, 0.4) is 0 Å². The van der Waals surface area contributed by atoms with Gasteiger partial charge in [0.15, 0.2) is 6.29 Å². The Morgan fingerprint density at radius 1 is 1.17 bits per heavy atom. The fourth-order valence-corrected chi connectivity index (χ4v) is 2.17. The Balaban J connectivity index is 2.44. The second-order valence-electron chi connectivity index (χ2n) is 4.25. The highest BCUT2D eigenvalue weighted by atomic mass is 32.2. The van der Waals surface area contributed by atoms with Gasteiger partial charge in [-0.25, -0.2) is 4.79 Å². The summed E-state index contributed by atoms with van der Waals surface area (Å²) in [7, 11) is 0. The van der Waals surface area contributed by atoms with Gasteiger partial charge in [0.2, 0.25) is 0 Å². The second-order valence-corrected chi connectivity index (χ2v) is 5.39. The highest BCUT2D eigenvalue weighted by Gasteiger charge is 2.29. The van der Waals surface area contributed by atoms with E-state index in [4.69, 9.17) is 9.47 Å². The number of hydrogen-bond donors (Lipinski definition) is 2. The summed E-state index contributed by atoms with van der Waals surface area (Å²) < 4.78 is 47.2. The van der Waals surface area contributed by atoms with Crippen LogP contribution in [0.5, 0.6) is 0 Å². The van der Waals surface area contributed by atoms with Crippen LogP contribution in [0.2, 0.25) is 0 Å². The van der Waals surface area contributed by atoms with Crippen molar-refractivity contribution in [2.24, 2.45) is 0 Å². The summed E-state index contributed by atoms with van der Waals surface area (Å²) in [6.45, 7) is 4.69. The molecule has 0 saturated carbocycles. The zero-order chi connectivity index (χ0) is 17.3. The van der Waals surface area contributed by atoms with E-state index in [2.05, 4.69) is 10.6 Å². The maximum Gasteiger partial charge on any atom is 0.446 e. The molecule has 9 heteroatoms. The van der Waals surface area contributed by atoms with Crippen molar-refractivity contribution >= 4 is 23.5 Å². The van der Waals surface area contributed by atoms with Crippen molar-refractivity contribution in [2.75, 3.05) is 25.1 Å². The highest BCUT2D eigenvalue weighted by molar-refractivity contribution is 8.00. The Morgan fingerprint density at radius 3 is 2.22 bits per heavy atom. The molecule has 130 valence electrons. The van der Waals surface area contributed by atoms with E-state index in [1.165, 1.54) is 24.3 Å². The molecular weight excluding hydrogens is 333 g/mol. The van der Waals surface area contributed by atoms with E-state index in [1.54, 1.807) is 0 Å². The van der Waals surface area contributed by atoms with Crippen LogP contribution < -0.4 is 10.6 Å². The number of ether oxygens (including phenoxy) is 2. The molecule has 2 amide bonds. The number of hydrogen-bond acceptors (Lipinski definition) is 4. The Labute approximate surface area is 136 Å². The number of rotatable bonds is 8. The van der Waals surface area contributed by atoms with Crippen molar-refractivity contribution in [2.45, 2.75) is 30.5 Å². The highest BCUT2D eigenvalue weighted by Crippen LogP contribution is 2.36. The molecule has 0 aliphatic heterocycles. The van der Waals surface area contributed by atoms with E-state index >= 15 is 0 Å². The van der Waals surface area contributed by atoms with Crippen molar-refractivity contribution in [3.8, 4) is 0 Å². The summed E-state index contributed by atoms with van der Waals surface area (Å²) in [5, 5.41) is 5.09. The summed E-state index contributed by atoms with van der Waals surface area (Å²) in [6.07, 6.45) is -0.540. The normalized spacial score (nSPS) is 11.6. The van der Waals surface area contributed by atoms with Crippen molar-refractivity contribution < 1.29 is 27.4 Å². The lowest BCUT2D eigenvalue weighted by Crippen LogP contribution is -2.37. The van der Waals surface area contributed by atoms with Gasteiger partial charge in [0.25, 0.3) is 0 Å². The van der Waals surface area contributed by atoms with Crippen LogP contribution in [0.4, 0.5) is 23.7 Å². The molecule has 0 bridgehead atoms. The summed E-state index contributed by atoms with van der Waals surface area (Å²) >= 11 is -0.208. The maximum absolute atomic E-state index is 12.2. The number of carbonyl (C=O) groups excluding carboxylic acids is 1. The quantitative estimate of drug-likeness (QED) is 0.552. The molecule has 5 nitrogen and oxygen atoms in total. The first kappa shape index (κ1) is 19.6. The lowest BCUT2D eigenvalue weighted by molar-refractivity contribution is -0.131. The molecule has 1 aromatic carbocycles. The fourth-order valence-electron chi connectivity index (χ4n) is 1.63. The number of thioether (sulfide) groups is 1. The molecule has 0 aliphatic rings. The van der Waals surface area contributed by atoms with E-state index in [0.29, 0.717) is 18.9 Å². The molecule has 2 N–H and O–H groups in total. The largest absolute Gasteiger partial charge is 0.446 e. The van der Waals surface area contributed by atoms with Crippen molar-refractivity contribution in [3.05, 3.63) is 24.3 Å². The van der Waals surface area contributed by atoms with Gasteiger partial charge in [0.1, 0.15) is 0 Å². The van der Waals surface area contributed by atoms with Crippen LogP contribution in [0.25, 0.3) is 0 Å². The minimum absolute atomic E-state index is 0.0520. The van der Waals surface area contributed by atoms with Crippen LogP contribution in [-0.4, -0.2) is 37.6 Å². The number of urea groups is 1. The van der Waals surface area contributed by atoms with Crippen LogP contribution >= 0.6 is 11.8 Å². The van der Waals surface area contributed by atoms with Gasteiger partial charge in [-0.15, -0.1) is 0 Å². The van der Waals surface area contributed by atoms with E-state index in [9.17, 15) is 18.0 Å². The number of anilines is 1. The van der Waals surface area contributed by atoms with Gasteiger partial charge in [-0.3, -0.25) is 0 Å². The van der Waals surface area contributed by atoms with Crippen molar-refractivity contribution in [1.29, 1.82) is 0 Å². The van der Waals surface area contributed by atoms with Gasteiger partial charge in [-0.05, 0) is 49.9 Å². The Hall–Kier alpha value is -1.45. The van der Waals surface area contributed by atoms with Gasteiger partial charge in [0, 0.05) is 23.8 Å². The average molecular weight is 352 g/mol. The predicted molar refractivity (Wildman–Crippen MR) is 82.4 cm³/mol. The molecule has 1 rings (SSSR count). The molecule has 0 aliphatic carbocycles. The summed E-state index contributed by atoms with van der Waals surface area (Å²) in [5.41, 5.74) is -3.95. The number of halogens is 3. The first-order valence-corrected chi connectivity index (χ1v) is 7.79. The molecule has 0 spiro atoms. The number of amides is 2. The summed E-state index contributed by atoms with van der Waals surface area (Å²) in [5.74, 6) is 0. The van der Waals surface area contributed by atoms with Crippen LogP contribution in [0.15, 0.2) is 29.2 Å². The first-order chi connectivity index (χ1) is 10.8. The van der Waals surface area contributed by atoms with Crippen LogP contribution in [-0.2, 0) is 9.47 Å². The minimum Gasteiger partial charge on any atom is -0.351 e. The fraction of sp³-hybridized carbons (Fsp3) is 0.500. The standard InChI is InChI=1S/C14H19F3N2O3S/c1-3-21-12(22-4-2)9-18-13(20)19-10-5-7-11(8-6-10)23-14(15,16)17/h5-8,12H,3-4,9H2,1-2H3,(H2,18,19,20). The number of carbonyl (C=O) groups is 1. The molecule has 0 atom stereocenters. The molecular formula is C14H19F3N2O3S. The number of benzene rings is 1. The van der Waals surface area contributed by atoms with E-state index in [1.807, 2.05) is 13.8 Å². The molecule has 0 unspecified atom stereocenters. The molecule has 1 aromatic rings. The lowest BCUT2D eigenvalue weighted by atomic mass is 10.3. The zero-order valence-electron chi connectivity index (χ0n) is 12.8. The predicted octanol–water partition coefficient (Wildman–Crippen LogP) is 3.82. The monoisotopic (exact) mass is 352 g/mol. The van der Waals surface area contributed by atoms with E-state index in [-0.39, 0.29) is 23.2 Å². The van der Waals surface area contributed by atoms with Crippen LogP contribution in [0, 0.1) is 0 Å². The van der Waals surface area contributed by atoms with Crippen LogP contribution in [0.1, 0.15) is 13.8 Å². The smallest absolute Gasteiger partial charge is 0.351 e. The molecule has 0 radical (unpaired) electrons. The van der Waals surface area contributed by atoms with Gasteiger partial charge in [-0.2, -0.15) is 13.2 Å². The van der Waals surface area contributed by atoms with E-state index < -0.39 is 17.8 Å². The molecule has 23 heavy (non-hydrogen) atoms. The van der Waals surface area contributed by atoms with Gasteiger partial charge in [-0.1, -0.05) is 0 Å². The Kier molecular flexibility index (Phi) is 8.21. The molecule has 0 fully saturated rings. The van der Waals surface area contributed by atoms with Gasteiger partial charge >= 0.3 is 11.5 Å². The van der Waals surface area contributed by atoms with Crippen molar-refractivity contribution in [3.63, 3.8) is 0 Å². The topological polar surface area (TPSA) is 59.6 Å². The summed E-state index contributed by atoms with van der Waals surface area (Å²) in [4.78, 5) is 11.8. The second kappa shape index (κ2) is 9.64. The third-order valence-corrected chi connectivity index (χ3v) is 3.22. The van der Waals surface area contributed by atoms with E-state index in [0.717, 1.165) is 0 Å². The molecule has 0 aromatic heterocycles. The summed E-state index contributed by atoms with van der Waals surface area (Å²) in [6, 6.07) is 4.88. The minimum atomic E-state index is -4.33. The van der Waals surface area contributed by atoms with Crippen molar-refractivity contribution in [1.82, 2.24) is 5.32 Å². The molecule has 0 saturated heterocycles. The van der Waals surface area contributed by atoms with Gasteiger partial charge < -0.3 is 20.1 Å². The third-order valence-electron chi connectivity index (χ3n) is 2.48. The first-order valence-electron chi connectivity index (χ1n) is 6.98. The SMILES string of the molecule is CCOC(CNC(=O)Nc1ccc(SC(F)(F)F)cc1)OCC. The Bertz CT molecular complexity index is 477. The molecule has 0 heterocycles. The third kappa shape index (κ3) is 8.68.